The molecule has 0 aromatic heterocycles. The van der Waals surface area contributed by atoms with E-state index in [1.165, 1.54) is 25.7 Å². The number of hydrogen-bond donors (Lipinski definition) is 0. The highest BCUT2D eigenvalue weighted by Gasteiger charge is 1.95. The van der Waals surface area contributed by atoms with E-state index >= 15 is 0 Å². The minimum absolute atomic E-state index is 1.00. The van der Waals surface area contributed by atoms with Crippen LogP contribution in [-0.4, -0.2) is 33.2 Å². The molecule has 2 aliphatic rings. The normalized spacial score (nSPS) is 20.3. The zero-order valence-corrected chi connectivity index (χ0v) is 7.59. The average molecular weight is 174 g/mol. The predicted molar refractivity (Wildman–Crippen MR) is 47.2 cm³/mol. The van der Waals surface area contributed by atoms with Crippen LogP contribution in [0.5, 0.6) is 0 Å². The Balaban J connectivity index is 0.000000168. The smallest absolute Gasteiger partial charge is 0.106 e. The molecule has 0 bridgehead atoms. The summed E-state index contributed by atoms with van der Waals surface area (Å²) < 4.78 is 9.89. The van der Waals surface area contributed by atoms with Gasteiger partial charge in [0.05, 0.1) is 0 Å². The van der Waals surface area contributed by atoms with E-state index in [9.17, 15) is 0 Å². The standard InChI is InChI=1S/2C4H8O.CH2O/c2*1-2-4-5-3-1;1-2/h2*1-4H2;1H2. The average Bonchev–Trinajstić information content (AvgIpc) is 2.87. The second kappa shape index (κ2) is 10.6. The van der Waals surface area contributed by atoms with Gasteiger partial charge in [-0.3, -0.25) is 0 Å². The summed E-state index contributed by atoms with van der Waals surface area (Å²) in [7, 11) is 0. The van der Waals surface area contributed by atoms with Crippen LogP contribution in [0.4, 0.5) is 0 Å². The van der Waals surface area contributed by atoms with Crippen molar-refractivity contribution in [2.45, 2.75) is 25.7 Å². The zero-order valence-electron chi connectivity index (χ0n) is 7.59. The molecular weight excluding hydrogens is 156 g/mol. The molecule has 2 heterocycles. The molecule has 2 rings (SSSR count). The first kappa shape index (κ1) is 11.6. The van der Waals surface area contributed by atoms with Crippen LogP contribution in [0.25, 0.3) is 0 Å². The summed E-state index contributed by atoms with van der Waals surface area (Å²) in [5.41, 5.74) is 0. The molecule has 0 N–H and O–H groups in total. The van der Waals surface area contributed by atoms with E-state index in [1.807, 2.05) is 6.79 Å². The van der Waals surface area contributed by atoms with Gasteiger partial charge in [0.2, 0.25) is 0 Å². The minimum Gasteiger partial charge on any atom is -0.381 e. The van der Waals surface area contributed by atoms with Crippen LogP contribution in [-0.2, 0) is 14.3 Å². The third kappa shape index (κ3) is 7.69. The van der Waals surface area contributed by atoms with Gasteiger partial charge < -0.3 is 14.3 Å². The molecule has 0 spiro atoms. The Morgan fingerprint density at radius 2 is 0.917 bits per heavy atom. The molecule has 0 saturated carbocycles. The van der Waals surface area contributed by atoms with Crippen molar-refractivity contribution in [2.24, 2.45) is 0 Å². The fourth-order valence-electron chi connectivity index (χ4n) is 1.02. The van der Waals surface area contributed by atoms with Crippen molar-refractivity contribution >= 4 is 6.79 Å². The maximum atomic E-state index is 8.00. The maximum absolute atomic E-state index is 8.00. The van der Waals surface area contributed by atoms with Gasteiger partial charge in [0.25, 0.3) is 0 Å². The van der Waals surface area contributed by atoms with E-state index in [2.05, 4.69) is 0 Å². The fourth-order valence-corrected chi connectivity index (χ4v) is 1.02. The molecule has 0 radical (unpaired) electrons. The van der Waals surface area contributed by atoms with E-state index in [1.54, 1.807) is 0 Å². The van der Waals surface area contributed by atoms with Crippen molar-refractivity contribution in [3.63, 3.8) is 0 Å². The summed E-state index contributed by atoms with van der Waals surface area (Å²) >= 11 is 0. The second-order valence-electron chi connectivity index (χ2n) is 2.64. The molecule has 0 aliphatic carbocycles. The summed E-state index contributed by atoms with van der Waals surface area (Å²) in [6, 6.07) is 0. The van der Waals surface area contributed by atoms with Crippen molar-refractivity contribution < 1.29 is 14.3 Å². The number of rotatable bonds is 0. The van der Waals surface area contributed by atoms with Crippen LogP contribution >= 0.6 is 0 Å². The van der Waals surface area contributed by atoms with Crippen LogP contribution in [0, 0.1) is 0 Å². The van der Waals surface area contributed by atoms with Crippen LogP contribution in [0.1, 0.15) is 25.7 Å². The topological polar surface area (TPSA) is 35.5 Å². The van der Waals surface area contributed by atoms with E-state index < -0.39 is 0 Å². The highest BCUT2D eigenvalue weighted by Crippen LogP contribution is 1.98. The third-order valence-electron chi connectivity index (χ3n) is 1.65. The molecule has 0 amide bonds. The van der Waals surface area contributed by atoms with Gasteiger partial charge in [-0.1, -0.05) is 0 Å². The molecule has 0 unspecified atom stereocenters. The number of ether oxygens (including phenoxy) is 2. The summed E-state index contributed by atoms with van der Waals surface area (Å²) in [6.07, 6.45) is 5.11. The Kier molecular flexibility index (Phi) is 10.2. The van der Waals surface area contributed by atoms with Crippen LogP contribution < -0.4 is 0 Å². The molecule has 0 aromatic carbocycles. The Morgan fingerprint density at radius 3 is 1.00 bits per heavy atom. The molecule has 12 heavy (non-hydrogen) atoms. The van der Waals surface area contributed by atoms with Crippen molar-refractivity contribution in [3.05, 3.63) is 0 Å². The first-order valence-corrected chi connectivity index (χ1v) is 4.44. The largest absolute Gasteiger partial charge is 0.381 e. The summed E-state index contributed by atoms with van der Waals surface area (Å²) in [5, 5.41) is 0. The fraction of sp³-hybridized carbons (Fsp3) is 0.889. The Bertz CT molecular complexity index is 52.6. The molecule has 72 valence electrons. The zero-order chi connectivity index (χ0) is 9.07. The summed E-state index contributed by atoms with van der Waals surface area (Å²) in [6.45, 7) is 6.00. The molecule has 2 aliphatic heterocycles. The highest BCUT2D eigenvalue weighted by molar-refractivity contribution is 5.10. The number of carbonyl (C=O) groups excluding carboxylic acids is 1. The SMILES string of the molecule is C1CCOC1.C1CCOC1.C=O. The van der Waals surface area contributed by atoms with Crippen LogP contribution in [0.2, 0.25) is 0 Å². The van der Waals surface area contributed by atoms with Crippen molar-refractivity contribution in [1.29, 1.82) is 0 Å². The molecule has 0 aromatic rings. The molecule has 3 nitrogen and oxygen atoms in total. The quantitative estimate of drug-likeness (QED) is 0.557. The minimum atomic E-state index is 1.00. The number of hydrogen-bond acceptors (Lipinski definition) is 3. The lowest BCUT2D eigenvalue weighted by Crippen LogP contribution is -1.74. The Labute approximate surface area is 74.0 Å². The molecule has 3 heteroatoms. The highest BCUT2D eigenvalue weighted by atomic mass is 16.5. The lowest BCUT2D eigenvalue weighted by molar-refractivity contribution is -0.0979. The molecular formula is C9H18O3. The summed E-state index contributed by atoms with van der Waals surface area (Å²) in [5.74, 6) is 0. The Hall–Kier alpha value is -0.410. The molecule has 2 fully saturated rings. The lowest BCUT2D eigenvalue weighted by atomic mass is 10.4. The number of carbonyl (C=O) groups is 1. The summed E-state index contributed by atoms with van der Waals surface area (Å²) in [4.78, 5) is 8.00. The molecule has 0 atom stereocenters. The van der Waals surface area contributed by atoms with Gasteiger partial charge in [-0.15, -0.1) is 0 Å². The lowest BCUT2D eigenvalue weighted by Gasteiger charge is -1.76. The van der Waals surface area contributed by atoms with Crippen LogP contribution in [0.3, 0.4) is 0 Å². The van der Waals surface area contributed by atoms with Gasteiger partial charge in [-0.25, -0.2) is 0 Å². The van der Waals surface area contributed by atoms with Crippen molar-refractivity contribution in [2.75, 3.05) is 26.4 Å². The first-order valence-electron chi connectivity index (χ1n) is 4.44. The van der Waals surface area contributed by atoms with Gasteiger partial charge >= 0.3 is 0 Å². The predicted octanol–water partition coefficient (Wildman–Crippen LogP) is 1.41. The van der Waals surface area contributed by atoms with E-state index in [-0.39, 0.29) is 0 Å². The molecule has 2 saturated heterocycles. The van der Waals surface area contributed by atoms with E-state index in [4.69, 9.17) is 14.3 Å². The van der Waals surface area contributed by atoms with Gasteiger partial charge in [0.1, 0.15) is 6.79 Å². The van der Waals surface area contributed by atoms with Gasteiger partial charge in [0, 0.05) is 26.4 Å². The second-order valence-corrected chi connectivity index (χ2v) is 2.64. The van der Waals surface area contributed by atoms with Gasteiger partial charge in [-0.05, 0) is 25.7 Å². The van der Waals surface area contributed by atoms with Gasteiger partial charge in [-0.2, -0.15) is 0 Å². The first-order chi connectivity index (χ1) is 6.00. The maximum Gasteiger partial charge on any atom is 0.106 e. The van der Waals surface area contributed by atoms with Gasteiger partial charge in [0.15, 0.2) is 0 Å². The van der Waals surface area contributed by atoms with E-state index in [0.717, 1.165) is 26.4 Å². The van der Waals surface area contributed by atoms with Crippen molar-refractivity contribution in [1.82, 2.24) is 0 Å². The van der Waals surface area contributed by atoms with Crippen LogP contribution in [0.15, 0.2) is 0 Å². The monoisotopic (exact) mass is 174 g/mol. The third-order valence-corrected chi connectivity index (χ3v) is 1.65. The van der Waals surface area contributed by atoms with Crippen molar-refractivity contribution in [3.8, 4) is 0 Å². The Morgan fingerprint density at radius 1 is 0.667 bits per heavy atom. The van der Waals surface area contributed by atoms with E-state index in [0.29, 0.717) is 0 Å².